The number of rotatable bonds is 4. The zero-order valence-electron chi connectivity index (χ0n) is 10.5. The highest BCUT2D eigenvalue weighted by atomic mass is 79.9. The number of alkyl halides is 1. The molecule has 0 heterocycles. The Balaban J connectivity index is 2.89. The van der Waals surface area contributed by atoms with Crippen LogP contribution in [0.1, 0.15) is 19.4 Å². The molecule has 0 atom stereocenters. The zero-order valence-corrected chi connectivity index (χ0v) is 12.1. The van der Waals surface area contributed by atoms with E-state index in [0.717, 1.165) is 5.33 Å². The molecule has 1 aromatic carbocycles. The van der Waals surface area contributed by atoms with Crippen LogP contribution in [0.3, 0.4) is 0 Å². The van der Waals surface area contributed by atoms with E-state index < -0.39 is 0 Å². The molecule has 2 heteroatoms. The van der Waals surface area contributed by atoms with Crippen LogP contribution in [0.25, 0.3) is 6.08 Å². The Morgan fingerprint density at radius 3 is 2.19 bits per heavy atom. The van der Waals surface area contributed by atoms with E-state index in [4.69, 9.17) is 0 Å². The van der Waals surface area contributed by atoms with Crippen LogP contribution in [0, 0.1) is 5.92 Å². The van der Waals surface area contributed by atoms with Gasteiger partial charge in [-0.05, 0) is 23.6 Å². The lowest BCUT2D eigenvalue weighted by Crippen LogP contribution is -2.07. The summed E-state index contributed by atoms with van der Waals surface area (Å²) in [5.74, 6) is 0.591. The Labute approximate surface area is 107 Å². The first-order chi connectivity index (χ1) is 7.54. The standard InChI is InChI=1S/C14H20BrN/c1-11(2)13(10-15)9-12-5-7-14(8-6-12)16(3)4/h5-9,11H,10H2,1-4H3. The third-order valence-electron chi connectivity index (χ3n) is 2.66. The molecule has 0 unspecified atom stereocenters. The maximum atomic E-state index is 3.54. The summed E-state index contributed by atoms with van der Waals surface area (Å²) in [5, 5.41) is 0.945. The van der Waals surface area contributed by atoms with E-state index in [1.165, 1.54) is 16.8 Å². The molecule has 0 aromatic heterocycles. The monoisotopic (exact) mass is 281 g/mol. The molecule has 0 N–H and O–H groups in total. The summed E-state index contributed by atoms with van der Waals surface area (Å²) < 4.78 is 0. The molecule has 0 radical (unpaired) electrons. The van der Waals surface area contributed by atoms with Gasteiger partial charge in [0.1, 0.15) is 0 Å². The summed E-state index contributed by atoms with van der Waals surface area (Å²) in [6.07, 6.45) is 2.26. The van der Waals surface area contributed by atoms with Crippen molar-refractivity contribution >= 4 is 27.7 Å². The SMILES string of the molecule is CC(C)C(=Cc1ccc(N(C)C)cc1)CBr. The van der Waals surface area contributed by atoms with Gasteiger partial charge in [0.2, 0.25) is 0 Å². The third-order valence-corrected chi connectivity index (χ3v) is 3.30. The summed E-state index contributed by atoms with van der Waals surface area (Å²) in [7, 11) is 4.12. The lowest BCUT2D eigenvalue weighted by Gasteiger charge is -2.12. The number of nitrogens with zero attached hydrogens (tertiary/aromatic N) is 1. The van der Waals surface area contributed by atoms with Crippen LogP contribution in [-0.4, -0.2) is 19.4 Å². The molecule has 16 heavy (non-hydrogen) atoms. The fourth-order valence-electron chi connectivity index (χ4n) is 1.44. The highest BCUT2D eigenvalue weighted by molar-refractivity contribution is 9.09. The molecule has 0 aliphatic rings. The third kappa shape index (κ3) is 3.67. The number of hydrogen-bond donors (Lipinski definition) is 0. The molecule has 0 aliphatic carbocycles. The van der Waals surface area contributed by atoms with Gasteiger partial charge in [-0.1, -0.05) is 53.6 Å². The molecule has 0 saturated carbocycles. The van der Waals surface area contributed by atoms with E-state index in [1.54, 1.807) is 0 Å². The Bertz CT molecular complexity index is 350. The van der Waals surface area contributed by atoms with Gasteiger partial charge in [0.15, 0.2) is 0 Å². The van der Waals surface area contributed by atoms with Crippen molar-refractivity contribution in [3.8, 4) is 0 Å². The number of halogens is 1. The van der Waals surface area contributed by atoms with Crippen molar-refractivity contribution < 1.29 is 0 Å². The van der Waals surface area contributed by atoms with Crippen LogP contribution >= 0.6 is 15.9 Å². The molecule has 0 spiro atoms. The number of benzene rings is 1. The molecule has 1 rings (SSSR count). The minimum Gasteiger partial charge on any atom is -0.378 e. The minimum atomic E-state index is 0.591. The molecule has 1 aromatic rings. The smallest absolute Gasteiger partial charge is 0.0361 e. The van der Waals surface area contributed by atoms with Crippen molar-refractivity contribution in [1.82, 2.24) is 0 Å². The second-order valence-electron chi connectivity index (χ2n) is 4.49. The largest absolute Gasteiger partial charge is 0.378 e. The molecule has 0 saturated heterocycles. The first-order valence-electron chi connectivity index (χ1n) is 5.58. The van der Waals surface area contributed by atoms with Crippen molar-refractivity contribution in [3.63, 3.8) is 0 Å². The Morgan fingerprint density at radius 1 is 1.25 bits per heavy atom. The van der Waals surface area contributed by atoms with E-state index in [-0.39, 0.29) is 0 Å². The fourth-order valence-corrected chi connectivity index (χ4v) is 2.25. The number of hydrogen-bond acceptors (Lipinski definition) is 1. The molecular formula is C14H20BrN. The molecular weight excluding hydrogens is 262 g/mol. The average molecular weight is 282 g/mol. The number of anilines is 1. The average Bonchev–Trinajstić information content (AvgIpc) is 2.26. The molecule has 0 amide bonds. The summed E-state index contributed by atoms with van der Waals surface area (Å²) >= 11 is 3.54. The van der Waals surface area contributed by atoms with Crippen LogP contribution in [0.4, 0.5) is 5.69 Å². The van der Waals surface area contributed by atoms with Gasteiger partial charge in [-0.2, -0.15) is 0 Å². The Kier molecular flexibility index (Phi) is 5.07. The van der Waals surface area contributed by atoms with E-state index in [2.05, 4.69) is 79.1 Å². The zero-order chi connectivity index (χ0) is 12.1. The van der Waals surface area contributed by atoms with Crippen LogP contribution < -0.4 is 4.90 Å². The van der Waals surface area contributed by atoms with Crippen LogP contribution in [0.5, 0.6) is 0 Å². The molecule has 88 valence electrons. The van der Waals surface area contributed by atoms with Crippen molar-refractivity contribution in [1.29, 1.82) is 0 Å². The van der Waals surface area contributed by atoms with E-state index in [9.17, 15) is 0 Å². The second kappa shape index (κ2) is 6.09. The van der Waals surface area contributed by atoms with Gasteiger partial charge in [0.25, 0.3) is 0 Å². The highest BCUT2D eigenvalue weighted by Crippen LogP contribution is 2.19. The van der Waals surface area contributed by atoms with Crippen molar-refractivity contribution in [2.45, 2.75) is 13.8 Å². The van der Waals surface area contributed by atoms with Crippen molar-refractivity contribution in [2.75, 3.05) is 24.3 Å². The van der Waals surface area contributed by atoms with Gasteiger partial charge < -0.3 is 4.90 Å². The van der Waals surface area contributed by atoms with Gasteiger partial charge in [-0.15, -0.1) is 0 Å². The molecule has 1 nitrogen and oxygen atoms in total. The first kappa shape index (κ1) is 13.3. The molecule has 0 fully saturated rings. The quantitative estimate of drug-likeness (QED) is 0.749. The fraction of sp³-hybridized carbons (Fsp3) is 0.429. The maximum absolute atomic E-state index is 3.54. The first-order valence-corrected chi connectivity index (χ1v) is 6.70. The summed E-state index contributed by atoms with van der Waals surface area (Å²) in [5.41, 5.74) is 3.94. The Hall–Kier alpha value is -0.760. The van der Waals surface area contributed by atoms with Crippen molar-refractivity contribution in [2.24, 2.45) is 5.92 Å². The Morgan fingerprint density at radius 2 is 1.81 bits per heavy atom. The highest BCUT2D eigenvalue weighted by Gasteiger charge is 2.01. The maximum Gasteiger partial charge on any atom is 0.0361 e. The van der Waals surface area contributed by atoms with Crippen LogP contribution in [0.2, 0.25) is 0 Å². The van der Waals surface area contributed by atoms with Gasteiger partial charge in [0.05, 0.1) is 0 Å². The van der Waals surface area contributed by atoms with Gasteiger partial charge in [-0.3, -0.25) is 0 Å². The molecule has 0 bridgehead atoms. The predicted molar refractivity (Wildman–Crippen MR) is 77.4 cm³/mol. The summed E-state index contributed by atoms with van der Waals surface area (Å²) in [6.45, 7) is 4.45. The van der Waals surface area contributed by atoms with E-state index in [0.29, 0.717) is 5.92 Å². The van der Waals surface area contributed by atoms with Crippen LogP contribution in [-0.2, 0) is 0 Å². The normalized spacial score (nSPS) is 12.0. The van der Waals surface area contributed by atoms with Gasteiger partial charge >= 0.3 is 0 Å². The van der Waals surface area contributed by atoms with E-state index >= 15 is 0 Å². The number of allylic oxidation sites excluding steroid dienone is 1. The van der Waals surface area contributed by atoms with Crippen molar-refractivity contribution in [3.05, 3.63) is 35.4 Å². The van der Waals surface area contributed by atoms with Gasteiger partial charge in [-0.25, -0.2) is 0 Å². The molecule has 0 aliphatic heterocycles. The summed E-state index contributed by atoms with van der Waals surface area (Å²) in [4.78, 5) is 2.11. The lowest BCUT2D eigenvalue weighted by atomic mass is 10.0. The topological polar surface area (TPSA) is 3.24 Å². The second-order valence-corrected chi connectivity index (χ2v) is 5.05. The van der Waals surface area contributed by atoms with Crippen LogP contribution in [0.15, 0.2) is 29.8 Å². The lowest BCUT2D eigenvalue weighted by molar-refractivity contribution is 0.781. The minimum absolute atomic E-state index is 0.591. The van der Waals surface area contributed by atoms with Gasteiger partial charge in [0, 0.05) is 25.1 Å². The summed E-state index contributed by atoms with van der Waals surface area (Å²) in [6, 6.07) is 8.64. The predicted octanol–water partition coefficient (Wildman–Crippen LogP) is 4.19. The van der Waals surface area contributed by atoms with E-state index in [1.807, 2.05) is 0 Å².